The Morgan fingerprint density at radius 3 is 2.83 bits per heavy atom. The van der Waals surface area contributed by atoms with E-state index in [4.69, 9.17) is 9.47 Å². The van der Waals surface area contributed by atoms with E-state index in [1.54, 1.807) is 32.4 Å². The van der Waals surface area contributed by atoms with E-state index in [0.717, 1.165) is 0 Å². The molecule has 23 heavy (non-hydrogen) atoms. The number of tetrazole rings is 1. The molecule has 0 atom stereocenters. The number of rotatable bonds is 8. The van der Waals surface area contributed by atoms with Crippen LogP contribution in [0.3, 0.4) is 0 Å². The predicted octanol–water partition coefficient (Wildman–Crippen LogP) is 0.267. The van der Waals surface area contributed by atoms with Gasteiger partial charge < -0.3 is 20.1 Å². The standard InChI is InChI=1S/C13H18N6O3.ClH/c1-21-6-5-14-8-13(20)16-10-3-4-12(22-2)11(7-10)19-9-15-17-18-19;/h3-4,7,9,14H,5-6,8H2,1-2H3,(H,16,20);1H. The van der Waals surface area contributed by atoms with Crippen LogP contribution in [0.25, 0.3) is 5.69 Å². The first-order chi connectivity index (χ1) is 10.7. The third-order valence-corrected chi connectivity index (χ3v) is 2.83. The van der Waals surface area contributed by atoms with Crippen LogP contribution in [0.5, 0.6) is 5.75 Å². The van der Waals surface area contributed by atoms with Gasteiger partial charge in [0.15, 0.2) is 0 Å². The van der Waals surface area contributed by atoms with E-state index < -0.39 is 0 Å². The van der Waals surface area contributed by atoms with Crippen molar-refractivity contribution < 1.29 is 14.3 Å². The number of aromatic nitrogens is 4. The average Bonchev–Trinajstić information content (AvgIpc) is 3.06. The Morgan fingerprint density at radius 2 is 2.17 bits per heavy atom. The molecule has 1 amide bonds. The van der Waals surface area contributed by atoms with Gasteiger partial charge in [0.25, 0.3) is 0 Å². The first-order valence-corrected chi connectivity index (χ1v) is 6.65. The maximum atomic E-state index is 11.8. The lowest BCUT2D eigenvalue weighted by Gasteiger charge is -2.11. The Balaban J connectivity index is 0.00000264. The summed E-state index contributed by atoms with van der Waals surface area (Å²) < 4.78 is 11.6. The summed E-state index contributed by atoms with van der Waals surface area (Å²) >= 11 is 0. The molecule has 0 spiro atoms. The van der Waals surface area contributed by atoms with Crippen LogP contribution in [0.15, 0.2) is 24.5 Å². The van der Waals surface area contributed by atoms with Gasteiger partial charge in [-0.3, -0.25) is 4.79 Å². The smallest absolute Gasteiger partial charge is 0.238 e. The minimum absolute atomic E-state index is 0. The second-order valence-electron chi connectivity index (χ2n) is 4.36. The summed E-state index contributed by atoms with van der Waals surface area (Å²) in [5.41, 5.74) is 1.27. The highest BCUT2D eigenvalue weighted by molar-refractivity contribution is 5.92. The van der Waals surface area contributed by atoms with Crippen LogP contribution in [-0.2, 0) is 9.53 Å². The van der Waals surface area contributed by atoms with Crippen molar-refractivity contribution in [3.05, 3.63) is 24.5 Å². The number of carbonyl (C=O) groups is 1. The van der Waals surface area contributed by atoms with Crippen LogP contribution in [0, 0.1) is 0 Å². The van der Waals surface area contributed by atoms with Gasteiger partial charge in [0.05, 0.1) is 20.3 Å². The van der Waals surface area contributed by atoms with Gasteiger partial charge in [-0.05, 0) is 28.6 Å². The van der Waals surface area contributed by atoms with Crippen LogP contribution in [-0.4, -0.2) is 60.0 Å². The van der Waals surface area contributed by atoms with E-state index in [1.807, 2.05) is 0 Å². The minimum Gasteiger partial charge on any atom is -0.494 e. The number of anilines is 1. The molecule has 2 N–H and O–H groups in total. The zero-order valence-electron chi connectivity index (χ0n) is 12.9. The molecular formula is C13H19ClN6O3. The van der Waals surface area contributed by atoms with Crippen molar-refractivity contribution in [3.63, 3.8) is 0 Å². The molecule has 9 nitrogen and oxygen atoms in total. The van der Waals surface area contributed by atoms with Crippen molar-refractivity contribution in [2.75, 3.05) is 39.2 Å². The Bertz CT molecular complexity index is 608. The lowest BCUT2D eigenvalue weighted by Crippen LogP contribution is -2.30. The first-order valence-electron chi connectivity index (χ1n) is 6.65. The van der Waals surface area contributed by atoms with E-state index in [1.165, 1.54) is 11.0 Å². The molecule has 10 heteroatoms. The molecule has 0 bridgehead atoms. The van der Waals surface area contributed by atoms with Crippen molar-refractivity contribution in [2.24, 2.45) is 0 Å². The van der Waals surface area contributed by atoms with Gasteiger partial charge in [0.1, 0.15) is 17.8 Å². The van der Waals surface area contributed by atoms with Crippen molar-refractivity contribution in [1.29, 1.82) is 0 Å². The van der Waals surface area contributed by atoms with Crippen LogP contribution in [0.2, 0.25) is 0 Å². The first kappa shape index (κ1) is 18.8. The minimum atomic E-state index is -0.149. The summed E-state index contributed by atoms with van der Waals surface area (Å²) in [4.78, 5) is 11.8. The molecule has 0 fully saturated rings. The maximum Gasteiger partial charge on any atom is 0.238 e. The Labute approximate surface area is 139 Å². The summed E-state index contributed by atoms with van der Waals surface area (Å²) in [5, 5.41) is 16.8. The Hall–Kier alpha value is -2.23. The predicted molar refractivity (Wildman–Crippen MR) is 86.3 cm³/mol. The zero-order valence-corrected chi connectivity index (χ0v) is 13.7. The van der Waals surface area contributed by atoms with E-state index >= 15 is 0 Å². The average molecular weight is 343 g/mol. The number of amides is 1. The van der Waals surface area contributed by atoms with Crippen molar-refractivity contribution in [2.45, 2.75) is 0 Å². The topological polar surface area (TPSA) is 103 Å². The highest BCUT2D eigenvalue weighted by atomic mass is 35.5. The monoisotopic (exact) mass is 342 g/mol. The fraction of sp³-hybridized carbons (Fsp3) is 0.385. The molecule has 0 saturated carbocycles. The lowest BCUT2D eigenvalue weighted by atomic mass is 10.2. The largest absolute Gasteiger partial charge is 0.494 e. The Morgan fingerprint density at radius 1 is 1.35 bits per heavy atom. The number of hydrogen-bond acceptors (Lipinski definition) is 7. The quantitative estimate of drug-likeness (QED) is 0.663. The normalized spacial score (nSPS) is 10.0. The Kier molecular flexibility index (Phi) is 7.95. The molecule has 2 rings (SSSR count). The van der Waals surface area contributed by atoms with Crippen LogP contribution in [0.4, 0.5) is 5.69 Å². The molecule has 2 aromatic rings. The molecule has 1 heterocycles. The summed E-state index contributed by atoms with van der Waals surface area (Å²) in [7, 11) is 3.17. The number of benzene rings is 1. The van der Waals surface area contributed by atoms with Gasteiger partial charge in [-0.2, -0.15) is 4.68 Å². The lowest BCUT2D eigenvalue weighted by molar-refractivity contribution is -0.115. The SMILES string of the molecule is COCCNCC(=O)Nc1ccc(OC)c(-n2cnnn2)c1.Cl. The highest BCUT2D eigenvalue weighted by Gasteiger charge is 2.09. The number of methoxy groups -OCH3 is 2. The fourth-order valence-electron chi connectivity index (χ4n) is 1.80. The van der Waals surface area contributed by atoms with Crippen molar-refractivity contribution in [1.82, 2.24) is 25.5 Å². The fourth-order valence-corrected chi connectivity index (χ4v) is 1.80. The molecule has 0 aliphatic rings. The third-order valence-electron chi connectivity index (χ3n) is 2.83. The van der Waals surface area contributed by atoms with Crippen molar-refractivity contribution in [3.8, 4) is 11.4 Å². The molecule has 1 aromatic carbocycles. The van der Waals surface area contributed by atoms with Crippen molar-refractivity contribution >= 4 is 24.0 Å². The number of nitrogens with one attached hydrogen (secondary N) is 2. The summed E-state index contributed by atoms with van der Waals surface area (Å²) in [6, 6.07) is 5.23. The van der Waals surface area contributed by atoms with Gasteiger partial charge >= 0.3 is 0 Å². The summed E-state index contributed by atoms with van der Waals surface area (Å²) in [6.07, 6.45) is 1.45. The molecular weight excluding hydrogens is 324 g/mol. The van der Waals surface area contributed by atoms with Gasteiger partial charge in [-0.1, -0.05) is 0 Å². The zero-order chi connectivity index (χ0) is 15.8. The molecule has 1 aromatic heterocycles. The van der Waals surface area contributed by atoms with Crippen LogP contribution >= 0.6 is 12.4 Å². The molecule has 0 aliphatic carbocycles. The number of ether oxygens (including phenoxy) is 2. The number of nitrogens with zero attached hydrogens (tertiary/aromatic N) is 4. The van der Waals surface area contributed by atoms with Gasteiger partial charge in [-0.25, -0.2) is 0 Å². The van der Waals surface area contributed by atoms with E-state index in [-0.39, 0.29) is 24.9 Å². The molecule has 0 unspecified atom stereocenters. The molecule has 0 aliphatic heterocycles. The number of carbonyl (C=O) groups excluding carboxylic acids is 1. The molecule has 0 saturated heterocycles. The van der Waals surface area contributed by atoms with E-state index in [2.05, 4.69) is 26.2 Å². The van der Waals surface area contributed by atoms with Crippen LogP contribution < -0.4 is 15.4 Å². The highest BCUT2D eigenvalue weighted by Crippen LogP contribution is 2.25. The second kappa shape index (κ2) is 9.72. The molecule has 126 valence electrons. The van der Waals surface area contributed by atoms with Gasteiger partial charge in [0, 0.05) is 19.3 Å². The molecule has 0 radical (unpaired) electrons. The number of halogens is 1. The number of hydrogen-bond donors (Lipinski definition) is 2. The maximum absolute atomic E-state index is 11.8. The second-order valence-corrected chi connectivity index (χ2v) is 4.36. The third kappa shape index (κ3) is 5.47. The van der Waals surface area contributed by atoms with Gasteiger partial charge in [-0.15, -0.1) is 17.5 Å². The summed E-state index contributed by atoms with van der Waals surface area (Å²) in [6.45, 7) is 1.37. The van der Waals surface area contributed by atoms with E-state index in [0.29, 0.717) is 30.3 Å². The summed E-state index contributed by atoms with van der Waals surface area (Å²) in [5.74, 6) is 0.451. The van der Waals surface area contributed by atoms with E-state index in [9.17, 15) is 4.79 Å². The van der Waals surface area contributed by atoms with Gasteiger partial charge in [0.2, 0.25) is 5.91 Å². The van der Waals surface area contributed by atoms with Crippen LogP contribution in [0.1, 0.15) is 0 Å².